The van der Waals surface area contributed by atoms with Gasteiger partial charge in [-0.2, -0.15) is 16.4 Å². The number of aromatic nitrogens is 3. The Bertz CT molecular complexity index is 602. The molecule has 0 aliphatic rings. The van der Waals surface area contributed by atoms with Crippen LogP contribution in [0, 0.1) is 0 Å². The molecule has 0 saturated carbocycles. The minimum Gasteiger partial charge on any atom is -0.378 e. The zero-order chi connectivity index (χ0) is 12.2. The molecule has 0 bridgehead atoms. The summed E-state index contributed by atoms with van der Waals surface area (Å²) >= 11 is 1.70. The quantitative estimate of drug-likeness (QED) is 0.780. The molecule has 3 heterocycles. The standard InChI is InChI=1S/C13H12N4S/c1-3-12(15-9-11-4-8-18-10-11)13(14-5-1)17-7-2-6-16-17/h1-8,10,15H,9H2. The summed E-state index contributed by atoms with van der Waals surface area (Å²) in [6.07, 6.45) is 5.40. The zero-order valence-corrected chi connectivity index (χ0v) is 10.5. The molecule has 0 amide bonds. The molecule has 3 aromatic heterocycles. The van der Waals surface area contributed by atoms with E-state index in [-0.39, 0.29) is 0 Å². The lowest BCUT2D eigenvalue weighted by Gasteiger charge is -2.10. The van der Waals surface area contributed by atoms with Gasteiger partial charge in [-0.1, -0.05) is 0 Å². The first-order valence-corrected chi connectivity index (χ1v) is 6.58. The Morgan fingerprint density at radius 1 is 1.22 bits per heavy atom. The van der Waals surface area contributed by atoms with Crippen LogP contribution in [0.2, 0.25) is 0 Å². The monoisotopic (exact) mass is 256 g/mol. The summed E-state index contributed by atoms with van der Waals surface area (Å²) in [7, 11) is 0. The van der Waals surface area contributed by atoms with E-state index >= 15 is 0 Å². The Morgan fingerprint density at radius 2 is 2.22 bits per heavy atom. The van der Waals surface area contributed by atoms with Crippen LogP contribution in [0.15, 0.2) is 53.6 Å². The van der Waals surface area contributed by atoms with E-state index in [1.165, 1.54) is 5.56 Å². The molecule has 0 spiro atoms. The normalized spacial score (nSPS) is 10.4. The third-order valence-electron chi connectivity index (χ3n) is 2.57. The fraction of sp³-hybridized carbons (Fsp3) is 0.0769. The van der Waals surface area contributed by atoms with Crippen LogP contribution >= 0.6 is 11.3 Å². The van der Waals surface area contributed by atoms with Crippen molar-refractivity contribution in [3.8, 4) is 5.82 Å². The van der Waals surface area contributed by atoms with E-state index in [0.29, 0.717) is 0 Å². The molecule has 0 aliphatic carbocycles. The Kier molecular flexibility index (Phi) is 3.06. The minimum atomic E-state index is 0.795. The van der Waals surface area contributed by atoms with Crippen molar-refractivity contribution in [2.45, 2.75) is 6.54 Å². The molecule has 0 unspecified atom stereocenters. The van der Waals surface area contributed by atoms with Crippen molar-refractivity contribution in [3.63, 3.8) is 0 Å². The first-order chi connectivity index (χ1) is 8.93. The van der Waals surface area contributed by atoms with Crippen LogP contribution in [0.1, 0.15) is 5.56 Å². The van der Waals surface area contributed by atoms with Gasteiger partial charge in [0.15, 0.2) is 5.82 Å². The third kappa shape index (κ3) is 2.26. The predicted octanol–water partition coefficient (Wildman–Crippen LogP) is 2.94. The summed E-state index contributed by atoms with van der Waals surface area (Å²) in [5.74, 6) is 0.817. The van der Waals surface area contributed by atoms with Gasteiger partial charge in [-0.3, -0.25) is 0 Å². The summed E-state index contributed by atoms with van der Waals surface area (Å²) in [4.78, 5) is 4.36. The Labute approximate surface area is 109 Å². The molecule has 90 valence electrons. The van der Waals surface area contributed by atoms with Crippen molar-refractivity contribution in [1.29, 1.82) is 0 Å². The molecular weight excluding hydrogens is 244 g/mol. The van der Waals surface area contributed by atoms with Crippen LogP contribution in [0.5, 0.6) is 0 Å². The number of thiophene rings is 1. The average molecular weight is 256 g/mol. The summed E-state index contributed by atoms with van der Waals surface area (Å²) in [5.41, 5.74) is 2.25. The van der Waals surface area contributed by atoms with Crippen LogP contribution in [-0.2, 0) is 6.54 Å². The van der Waals surface area contributed by atoms with E-state index < -0.39 is 0 Å². The molecule has 3 rings (SSSR count). The fourth-order valence-corrected chi connectivity index (χ4v) is 2.37. The van der Waals surface area contributed by atoms with Gasteiger partial charge in [0.25, 0.3) is 0 Å². The number of pyridine rings is 1. The van der Waals surface area contributed by atoms with Crippen LogP contribution in [0.25, 0.3) is 5.82 Å². The van der Waals surface area contributed by atoms with Crippen molar-refractivity contribution in [1.82, 2.24) is 14.8 Å². The molecule has 0 aliphatic heterocycles. The van der Waals surface area contributed by atoms with Crippen molar-refractivity contribution in [2.75, 3.05) is 5.32 Å². The maximum Gasteiger partial charge on any atom is 0.176 e. The maximum atomic E-state index is 4.36. The van der Waals surface area contributed by atoms with Crippen molar-refractivity contribution < 1.29 is 0 Å². The van der Waals surface area contributed by atoms with Gasteiger partial charge < -0.3 is 5.32 Å². The Morgan fingerprint density at radius 3 is 3.00 bits per heavy atom. The molecule has 0 radical (unpaired) electrons. The van der Waals surface area contributed by atoms with Gasteiger partial charge in [-0.05, 0) is 40.6 Å². The van der Waals surface area contributed by atoms with Crippen LogP contribution in [0.4, 0.5) is 5.69 Å². The van der Waals surface area contributed by atoms with Gasteiger partial charge in [0.1, 0.15) is 0 Å². The van der Waals surface area contributed by atoms with Gasteiger partial charge in [-0.25, -0.2) is 9.67 Å². The molecule has 0 atom stereocenters. The number of hydrogen-bond acceptors (Lipinski definition) is 4. The largest absolute Gasteiger partial charge is 0.378 e. The molecule has 3 aromatic rings. The third-order valence-corrected chi connectivity index (χ3v) is 3.30. The van der Waals surface area contributed by atoms with Gasteiger partial charge in [0.05, 0.1) is 5.69 Å². The molecular formula is C13H12N4S. The Hall–Kier alpha value is -2.14. The highest BCUT2D eigenvalue weighted by molar-refractivity contribution is 7.07. The van der Waals surface area contributed by atoms with Crippen molar-refractivity contribution in [3.05, 3.63) is 59.2 Å². The lowest BCUT2D eigenvalue weighted by atomic mass is 10.3. The topological polar surface area (TPSA) is 42.7 Å². The molecule has 4 nitrogen and oxygen atoms in total. The molecule has 5 heteroatoms. The molecule has 0 fully saturated rings. The number of hydrogen-bond donors (Lipinski definition) is 1. The number of nitrogens with one attached hydrogen (secondary N) is 1. The molecule has 18 heavy (non-hydrogen) atoms. The first-order valence-electron chi connectivity index (χ1n) is 5.63. The summed E-state index contributed by atoms with van der Waals surface area (Å²) < 4.78 is 1.76. The summed E-state index contributed by atoms with van der Waals surface area (Å²) in [5, 5.41) is 11.8. The summed E-state index contributed by atoms with van der Waals surface area (Å²) in [6.45, 7) is 0.795. The second-order valence-corrected chi connectivity index (χ2v) is 4.59. The van der Waals surface area contributed by atoms with E-state index in [4.69, 9.17) is 0 Å². The van der Waals surface area contributed by atoms with Gasteiger partial charge in [-0.15, -0.1) is 0 Å². The van der Waals surface area contributed by atoms with Crippen molar-refractivity contribution >= 4 is 17.0 Å². The van der Waals surface area contributed by atoms with Gasteiger partial charge >= 0.3 is 0 Å². The van der Waals surface area contributed by atoms with Gasteiger partial charge in [0, 0.05) is 25.1 Å². The SMILES string of the molecule is c1cnc(-n2cccn2)c(NCc2ccsc2)c1. The van der Waals surface area contributed by atoms with Gasteiger partial charge in [0.2, 0.25) is 0 Å². The highest BCUT2D eigenvalue weighted by Gasteiger charge is 2.05. The average Bonchev–Trinajstić information content (AvgIpc) is 3.10. The van der Waals surface area contributed by atoms with E-state index in [1.807, 2.05) is 24.4 Å². The van der Waals surface area contributed by atoms with E-state index in [1.54, 1.807) is 28.4 Å². The lowest BCUT2D eigenvalue weighted by molar-refractivity contribution is 0.846. The number of nitrogens with zero attached hydrogens (tertiary/aromatic N) is 3. The molecule has 0 saturated heterocycles. The van der Waals surface area contributed by atoms with Crippen molar-refractivity contribution in [2.24, 2.45) is 0 Å². The zero-order valence-electron chi connectivity index (χ0n) is 9.65. The van der Waals surface area contributed by atoms with E-state index in [2.05, 4.69) is 32.2 Å². The fourth-order valence-electron chi connectivity index (χ4n) is 1.70. The highest BCUT2D eigenvalue weighted by Crippen LogP contribution is 2.17. The lowest BCUT2D eigenvalue weighted by Crippen LogP contribution is -2.06. The number of rotatable bonds is 4. The van der Waals surface area contributed by atoms with Crippen LogP contribution in [0.3, 0.4) is 0 Å². The molecule has 0 aromatic carbocycles. The minimum absolute atomic E-state index is 0.795. The smallest absolute Gasteiger partial charge is 0.176 e. The van der Waals surface area contributed by atoms with E-state index in [0.717, 1.165) is 18.1 Å². The van der Waals surface area contributed by atoms with E-state index in [9.17, 15) is 0 Å². The highest BCUT2D eigenvalue weighted by atomic mass is 32.1. The second kappa shape index (κ2) is 5.01. The number of anilines is 1. The van der Waals surface area contributed by atoms with Crippen LogP contribution in [-0.4, -0.2) is 14.8 Å². The predicted molar refractivity (Wildman–Crippen MR) is 73.0 cm³/mol. The Balaban J connectivity index is 1.84. The first kappa shape index (κ1) is 11.0. The molecule has 1 N–H and O–H groups in total. The maximum absolute atomic E-state index is 4.36. The second-order valence-electron chi connectivity index (χ2n) is 3.81. The summed E-state index contributed by atoms with van der Waals surface area (Å²) in [6, 6.07) is 7.93. The van der Waals surface area contributed by atoms with Crippen LogP contribution < -0.4 is 5.32 Å².